The van der Waals surface area contributed by atoms with Crippen molar-refractivity contribution in [3.8, 4) is 6.07 Å². The van der Waals surface area contributed by atoms with Crippen molar-refractivity contribution < 1.29 is 9.90 Å². The van der Waals surface area contributed by atoms with Gasteiger partial charge in [-0.05, 0) is 13.0 Å². The molecular formula is C11H7N3O2S2. The predicted octanol–water partition coefficient (Wildman–Crippen LogP) is 2.57. The maximum Gasteiger partial charge on any atom is 0.347 e. The van der Waals surface area contributed by atoms with Gasteiger partial charge in [0.1, 0.15) is 10.9 Å². The van der Waals surface area contributed by atoms with Crippen LogP contribution in [-0.2, 0) is 0 Å². The van der Waals surface area contributed by atoms with Gasteiger partial charge in [0.25, 0.3) is 0 Å². The van der Waals surface area contributed by atoms with Gasteiger partial charge >= 0.3 is 5.97 Å². The van der Waals surface area contributed by atoms with E-state index in [-0.39, 0.29) is 4.88 Å². The Labute approximate surface area is 111 Å². The van der Waals surface area contributed by atoms with Gasteiger partial charge in [0.2, 0.25) is 0 Å². The van der Waals surface area contributed by atoms with E-state index in [1.165, 1.54) is 11.8 Å². The molecule has 0 spiro atoms. The molecule has 2 aromatic rings. The molecule has 18 heavy (non-hydrogen) atoms. The molecule has 0 amide bonds. The molecule has 0 aromatic carbocycles. The average Bonchev–Trinajstić information content (AvgIpc) is 2.71. The molecule has 0 saturated heterocycles. The summed E-state index contributed by atoms with van der Waals surface area (Å²) < 4.78 is 0.592. The molecule has 0 aliphatic heterocycles. The lowest BCUT2D eigenvalue weighted by Gasteiger charge is -1.98. The lowest BCUT2D eigenvalue weighted by molar-refractivity contribution is 0.0701. The third-order valence-corrected chi connectivity index (χ3v) is 4.32. The summed E-state index contributed by atoms with van der Waals surface area (Å²) >= 11 is 2.35. The van der Waals surface area contributed by atoms with Gasteiger partial charge in [0.15, 0.2) is 4.34 Å². The molecule has 0 saturated carbocycles. The highest BCUT2D eigenvalue weighted by atomic mass is 32.2. The number of aromatic nitrogens is 2. The van der Waals surface area contributed by atoms with E-state index >= 15 is 0 Å². The lowest BCUT2D eigenvalue weighted by Crippen LogP contribution is -1.94. The van der Waals surface area contributed by atoms with E-state index in [0.29, 0.717) is 20.5 Å². The molecule has 0 aliphatic carbocycles. The molecule has 2 aromatic heterocycles. The zero-order valence-electron chi connectivity index (χ0n) is 9.25. The maximum atomic E-state index is 10.9. The first-order valence-electron chi connectivity index (χ1n) is 4.84. The Bertz CT molecular complexity index is 646. The Morgan fingerprint density at radius 1 is 1.61 bits per heavy atom. The fourth-order valence-electron chi connectivity index (χ4n) is 1.26. The molecule has 2 rings (SSSR count). The fourth-order valence-corrected chi connectivity index (χ4v) is 3.29. The van der Waals surface area contributed by atoms with Gasteiger partial charge in [-0.2, -0.15) is 5.26 Å². The number of rotatable bonds is 3. The molecule has 90 valence electrons. The highest BCUT2D eigenvalue weighted by Gasteiger charge is 2.15. The van der Waals surface area contributed by atoms with E-state index in [9.17, 15) is 4.79 Å². The zero-order valence-corrected chi connectivity index (χ0v) is 10.9. The summed E-state index contributed by atoms with van der Waals surface area (Å²) in [5, 5.41) is 17.9. The van der Waals surface area contributed by atoms with Crippen molar-refractivity contribution in [1.29, 1.82) is 5.26 Å². The van der Waals surface area contributed by atoms with Crippen LogP contribution in [0.2, 0.25) is 0 Å². The van der Waals surface area contributed by atoms with Gasteiger partial charge in [-0.1, -0.05) is 11.8 Å². The highest BCUT2D eigenvalue weighted by Crippen LogP contribution is 2.34. The minimum atomic E-state index is -0.983. The molecule has 0 fully saturated rings. The first-order chi connectivity index (χ1) is 8.61. The van der Waals surface area contributed by atoms with Crippen LogP contribution in [0.4, 0.5) is 0 Å². The number of hydrogen-bond acceptors (Lipinski definition) is 6. The van der Waals surface area contributed by atoms with E-state index in [4.69, 9.17) is 10.4 Å². The van der Waals surface area contributed by atoms with E-state index < -0.39 is 5.97 Å². The van der Waals surface area contributed by atoms with Crippen molar-refractivity contribution in [1.82, 2.24) is 9.97 Å². The first kappa shape index (κ1) is 12.5. The topological polar surface area (TPSA) is 86.9 Å². The zero-order chi connectivity index (χ0) is 13.1. The number of hydrogen-bond donors (Lipinski definition) is 1. The summed E-state index contributed by atoms with van der Waals surface area (Å²) in [4.78, 5) is 19.9. The van der Waals surface area contributed by atoms with Crippen LogP contribution >= 0.6 is 23.1 Å². The van der Waals surface area contributed by atoms with Crippen LogP contribution in [0, 0.1) is 18.3 Å². The molecule has 0 atom stereocenters. The number of carbonyl (C=O) groups is 1. The minimum absolute atomic E-state index is 0.222. The Balaban J connectivity index is 2.32. The van der Waals surface area contributed by atoms with Crippen LogP contribution in [0.1, 0.15) is 20.9 Å². The summed E-state index contributed by atoms with van der Waals surface area (Å²) in [7, 11) is 0. The second-order valence-corrected chi connectivity index (χ2v) is 5.57. The van der Waals surface area contributed by atoms with Crippen molar-refractivity contribution in [3.63, 3.8) is 0 Å². The van der Waals surface area contributed by atoms with E-state index in [1.54, 1.807) is 25.4 Å². The van der Waals surface area contributed by atoms with Crippen molar-refractivity contribution in [2.24, 2.45) is 0 Å². The normalized spacial score (nSPS) is 10.0. The number of pyridine rings is 1. The number of carboxylic acid groups (broad SMARTS) is 1. The van der Waals surface area contributed by atoms with E-state index in [2.05, 4.69) is 16.0 Å². The van der Waals surface area contributed by atoms with Crippen molar-refractivity contribution in [3.05, 3.63) is 34.6 Å². The van der Waals surface area contributed by atoms with Gasteiger partial charge in [0.05, 0.1) is 16.2 Å². The molecule has 2 heterocycles. The Morgan fingerprint density at radius 2 is 2.39 bits per heavy atom. The standard InChI is InChI=1S/C11H7N3O2S2/c1-6-9(10(15)16)18-11(14-6)17-8-5-13-3-2-7(8)4-12/h2-3,5H,1H3,(H,15,16). The Kier molecular flexibility index (Phi) is 3.60. The summed E-state index contributed by atoms with van der Waals surface area (Å²) in [6, 6.07) is 3.67. The molecule has 1 N–H and O–H groups in total. The minimum Gasteiger partial charge on any atom is -0.477 e. The Morgan fingerprint density at radius 3 is 3.00 bits per heavy atom. The second kappa shape index (κ2) is 5.16. The second-order valence-electron chi connectivity index (χ2n) is 3.29. The number of carboxylic acids is 1. The molecule has 0 unspecified atom stereocenters. The summed E-state index contributed by atoms with van der Waals surface area (Å²) in [6.45, 7) is 1.65. The summed E-state index contributed by atoms with van der Waals surface area (Å²) in [5.74, 6) is -0.983. The summed E-state index contributed by atoms with van der Waals surface area (Å²) in [5.41, 5.74) is 0.983. The third-order valence-electron chi connectivity index (χ3n) is 2.07. The van der Waals surface area contributed by atoms with Crippen LogP contribution in [0.15, 0.2) is 27.7 Å². The molecule has 0 aliphatic rings. The third kappa shape index (κ3) is 2.50. The molecule has 5 nitrogen and oxygen atoms in total. The van der Waals surface area contributed by atoms with E-state index in [1.807, 2.05) is 0 Å². The molecular weight excluding hydrogens is 270 g/mol. The van der Waals surface area contributed by atoms with E-state index in [0.717, 1.165) is 11.3 Å². The van der Waals surface area contributed by atoms with Crippen molar-refractivity contribution in [2.45, 2.75) is 16.2 Å². The average molecular weight is 277 g/mol. The molecule has 7 heteroatoms. The van der Waals surface area contributed by atoms with Gasteiger partial charge in [-0.25, -0.2) is 9.78 Å². The van der Waals surface area contributed by atoms with Gasteiger partial charge in [0, 0.05) is 12.4 Å². The van der Waals surface area contributed by atoms with Crippen LogP contribution in [0.3, 0.4) is 0 Å². The lowest BCUT2D eigenvalue weighted by atomic mass is 10.3. The Hall–Kier alpha value is -1.91. The predicted molar refractivity (Wildman–Crippen MR) is 66.9 cm³/mol. The maximum absolute atomic E-state index is 10.9. The summed E-state index contributed by atoms with van der Waals surface area (Å²) in [6.07, 6.45) is 3.11. The number of aromatic carboxylic acids is 1. The number of nitrogens with zero attached hydrogens (tertiary/aromatic N) is 3. The van der Waals surface area contributed by atoms with Crippen LogP contribution in [-0.4, -0.2) is 21.0 Å². The smallest absolute Gasteiger partial charge is 0.347 e. The fraction of sp³-hybridized carbons (Fsp3) is 0.0909. The first-order valence-corrected chi connectivity index (χ1v) is 6.48. The number of thiazole rings is 1. The molecule has 0 radical (unpaired) electrons. The van der Waals surface area contributed by atoms with Gasteiger partial charge < -0.3 is 5.11 Å². The van der Waals surface area contributed by atoms with Gasteiger partial charge in [-0.15, -0.1) is 11.3 Å². The SMILES string of the molecule is Cc1nc(Sc2cnccc2C#N)sc1C(=O)O. The highest BCUT2D eigenvalue weighted by molar-refractivity contribution is 8.01. The van der Waals surface area contributed by atoms with Crippen molar-refractivity contribution in [2.75, 3.05) is 0 Å². The number of nitriles is 1. The number of aryl methyl sites for hydroxylation is 1. The van der Waals surface area contributed by atoms with Crippen LogP contribution < -0.4 is 0 Å². The largest absolute Gasteiger partial charge is 0.477 e. The van der Waals surface area contributed by atoms with Crippen molar-refractivity contribution >= 4 is 29.1 Å². The quantitative estimate of drug-likeness (QED) is 0.927. The monoisotopic (exact) mass is 277 g/mol. The van der Waals surface area contributed by atoms with Crippen LogP contribution in [0.5, 0.6) is 0 Å². The van der Waals surface area contributed by atoms with Gasteiger partial charge in [-0.3, -0.25) is 4.98 Å². The van der Waals surface area contributed by atoms with Crippen LogP contribution in [0.25, 0.3) is 0 Å². The molecule has 0 bridgehead atoms.